The molecule has 1 atom stereocenters. The monoisotopic (exact) mass is 306 g/mol. The molecule has 2 aromatic rings. The van der Waals surface area contributed by atoms with Crippen molar-refractivity contribution in [3.05, 3.63) is 46.0 Å². The zero-order chi connectivity index (χ0) is 12.5. The van der Waals surface area contributed by atoms with Gasteiger partial charge in [-0.15, -0.1) is 10.2 Å². The summed E-state index contributed by atoms with van der Waals surface area (Å²) in [6.45, 7) is 0. The van der Waals surface area contributed by atoms with Gasteiger partial charge in [-0.1, -0.05) is 28.1 Å². The fourth-order valence-corrected chi connectivity index (χ4v) is 2.68. The van der Waals surface area contributed by atoms with Crippen molar-refractivity contribution in [3.8, 4) is 0 Å². The lowest BCUT2D eigenvalue weighted by Gasteiger charge is -2.22. The second-order valence-corrected chi connectivity index (χ2v) is 5.58. The maximum atomic E-state index is 6.14. The molecule has 0 fully saturated rings. The number of fused-ring (bicyclic) bond motifs is 1. The van der Waals surface area contributed by atoms with E-state index in [4.69, 9.17) is 5.73 Å². The van der Waals surface area contributed by atoms with Gasteiger partial charge in [0.15, 0.2) is 0 Å². The van der Waals surface area contributed by atoms with Crippen molar-refractivity contribution in [2.45, 2.75) is 31.8 Å². The zero-order valence-electron chi connectivity index (χ0n) is 10.0. The van der Waals surface area contributed by atoms with Crippen LogP contribution in [0.1, 0.15) is 36.2 Å². The van der Waals surface area contributed by atoms with Crippen LogP contribution in [0.4, 0.5) is 0 Å². The summed E-state index contributed by atoms with van der Waals surface area (Å²) in [5, 5.41) is 8.53. The van der Waals surface area contributed by atoms with Crippen LogP contribution in [0.25, 0.3) is 0 Å². The van der Waals surface area contributed by atoms with Crippen molar-refractivity contribution < 1.29 is 0 Å². The molecule has 1 unspecified atom stereocenters. The van der Waals surface area contributed by atoms with Crippen LogP contribution in [0.5, 0.6) is 0 Å². The summed E-state index contributed by atoms with van der Waals surface area (Å²) in [4.78, 5) is 0. The molecule has 2 heterocycles. The van der Waals surface area contributed by atoms with Crippen LogP contribution >= 0.6 is 15.9 Å². The quantitative estimate of drug-likeness (QED) is 0.927. The molecule has 0 aliphatic carbocycles. The van der Waals surface area contributed by atoms with Crippen molar-refractivity contribution in [2.24, 2.45) is 5.73 Å². The van der Waals surface area contributed by atoms with Crippen molar-refractivity contribution in [2.75, 3.05) is 0 Å². The molecular weight excluding hydrogens is 292 g/mol. The Morgan fingerprint density at radius 2 is 2.06 bits per heavy atom. The first-order valence-electron chi connectivity index (χ1n) is 6.17. The van der Waals surface area contributed by atoms with Crippen molar-refractivity contribution in [3.63, 3.8) is 0 Å². The van der Waals surface area contributed by atoms with Gasteiger partial charge >= 0.3 is 0 Å². The van der Waals surface area contributed by atoms with Gasteiger partial charge in [0.05, 0.1) is 6.17 Å². The highest BCUT2D eigenvalue weighted by molar-refractivity contribution is 9.10. The van der Waals surface area contributed by atoms with Gasteiger partial charge in [0.25, 0.3) is 0 Å². The highest BCUT2D eigenvalue weighted by atomic mass is 79.9. The summed E-state index contributed by atoms with van der Waals surface area (Å²) >= 11 is 3.44. The molecule has 1 aliphatic heterocycles. The number of rotatable bonds is 2. The number of hydrogen-bond acceptors (Lipinski definition) is 3. The number of nitrogens with zero attached hydrogens (tertiary/aromatic N) is 3. The van der Waals surface area contributed by atoms with E-state index in [0.29, 0.717) is 0 Å². The van der Waals surface area contributed by atoms with Crippen LogP contribution in [0.2, 0.25) is 0 Å². The second-order valence-electron chi connectivity index (χ2n) is 4.67. The molecule has 18 heavy (non-hydrogen) atoms. The maximum Gasteiger partial charge on any atom is 0.138 e. The normalized spacial score (nSPS) is 18.7. The molecule has 0 amide bonds. The SMILES string of the molecule is NC1CCCc2nnc(Cc3ccc(Br)cc3)n21. The topological polar surface area (TPSA) is 56.7 Å². The van der Waals surface area contributed by atoms with E-state index in [2.05, 4.69) is 42.8 Å². The van der Waals surface area contributed by atoms with Gasteiger partial charge in [-0.25, -0.2) is 0 Å². The average Bonchev–Trinajstić information content (AvgIpc) is 2.77. The third-order valence-electron chi connectivity index (χ3n) is 3.34. The van der Waals surface area contributed by atoms with Crippen LogP contribution in [0.3, 0.4) is 0 Å². The Labute approximate surface area is 114 Å². The number of hydrogen-bond donors (Lipinski definition) is 1. The molecule has 1 aromatic heterocycles. The molecule has 0 saturated heterocycles. The Kier molecular flexibility index (Phi) is 3.18. The van der Waals surface area contributed by atoms with Crippen LogP contribution in [-0.2, 0) is 12.8 Å². The second kappa shape index (κ2) is 4.82. The standard InChI is InChI=1S/C13H15BrN4/c14-10-6-4-9(5-7-10)8-13-17-16-12-3-1-2-11(15)18(12)13/h4-7,11H,1-3,8,15H2. The number of halogens is 1. The lowest BCUT2D eigenvalue weighted by atomic mass is 10.1. The lowest BCUT2D eigenvalue weighted by molar-refractivity contribution is 0.399. The Bertz CT molecular complexity index is 547. The summed E-state index contributed by atoms with van der Waals surface area (Å²) in [5.41, 5.74) is 7.37. The molecule has 0 bridgehead atoms. The minimum absolute atomic E-state index is 0.0363. The zero-order valence-corrected chi connectivity index (χ0v) is 11.6. The molecule has 1 aliphatic rings. The fraction of sp³-hybridized carbons (Fsp3) is 0.385. The van der Waals surface area contributed by atoms with E-state index in [9.17, 15) is 0 Å². The summed E-state index contributed by atoms with van der Waals surface area (Å²) in [6, 6.07) is 8.28. The van der Waals surface area contributed by atoms with Crippen molar-refractivity contribution in [1.29, 1.82) is 0 Å². The molecule has 1 aromatic carbocycles. The van der Waals surface area contributed by atoms with E-state index in [1.54, 1.807) is 0 Å². The third-order valence-corrected chi connectivity index (χ3v) is 3.87. The third kappa shape index (κ3) is 2.20. The van der Waals surface area contributed by atoms with Gasteiger partial charge in [-0.05, 0) is 30.5 Å². The first kappa shape index (κ1) is 11.9. The highest BCUT2D eigenvalue weighted by Gasteiger charge is 2.21. The van der Waals surface area contributed by atoms with Gasteiger partial charge in [0, 0.05) is 17.3 Å². The van der Waals surface area contributed by atoms with E-state index in [1.165, 1.54) is 5.56 Å². The Balaban J connectivity index is 1.89. The van der Waals surface area contributed by atoms with E-state index >= 15 is 0 Å². The summed E-state index contributed by atoms with van der Waals surface area (Å²) in [7, 11) is 0. The number of aryl methyl sites for hydroxylation is 1. The predicted molar refractivity (Wildman–Crippen MR) is 73.1 cm³/mol. The minimum Gasteiger partial charge on any atom is -0.311 e. The summed E-state index contributed by atoms with van der Waals surface area (Å²) in [6.07, 6.45) is 3.93. The average molecular weight is 307 g/mol. The van der Waals surface area contributed by atoms with Gasteiger partial charge < -0.3 is 5.73 Å². The smallest absolute Gasteiger partial charge is 0.138 e. The van der Waals surface area contributed by atoms with Gasteiger partial charge in [0.1, 0.15) is 11.6 Å². The molecule has 3 rings (SSSR count). The first-order valence-corrected chi connectivity index (χ1v) is 6.96. The van der Waals surface area contributed by atoms with E-state index in [0.717, 1.165) is 41.8 Å². The van der Waals surface area contributed by atoms with Crippen LogP contribution in [0.15, 0.2) is 28.7 Å². The largest absolute Gasteiger partial charge is 0.311 e. The number of nitrogens with two attached hydrogens (primary N) is 1. The Morgan fingerprint density at radius 1 is 1.28 bits per heavy atom. The molecule has 4 nitrogen and oxygen atoms in total. The minimum atomic E-state index is 0.0363. The number of benzene rings is 1. The Hall–Kier alpha value is -1.20. The van der Waals surface area contributed by atoms with Gasteiger partial charge in [-0.3, -0.25) is 4.57 Å². The summed E-state index contributed by atoms with van der Waals surface area (Å²) < 4.78 is 3.19. The number of aromatic nitrogens is 3. The van der Waals surface area contributed by atoms with E-state index in [1.807, 2.05) is 12.1 Å². The van der Waals surface area contributed by atoms with Crippen LogP contribution < -0.4 is 5.73 Å². The van der Waals surface area contributed by atoms with E-state index in [-0.39, 0.29) is 6.17 Å². The molecule has 0 saturated carbocycles. The van der Waals surface area contributed by atoms with Crippen LogP contribution in [-0.4, -0.2) is 14.8 Å². The molecule has 5 heteroatoms. The summed E-state index contributed by atoms with van der Waals surface area (Å²) in [5.74, 6) is 2.00. The molecule has 0 radical (unpaired) electrons. The van der Waals surface area contributed by atoms with Crippen molar-refractivity contribution in [1.82, 2.24) is 14.8 Å². The van der Waals surface area contributed by atoms with Gasteiger partial charge in [0.2, 0.25) is 0 Å². The van der Waals surface area contributed by atoms with E-state index < -0.39 is 0 Å². The first-order chi connectivity index (χ1) is 8.74. The lowest BCUT2D eigenvalue weighted by Crippen LogP contribution is -2.26. The molecule has 94 valence electrons. The maximum absolute atomic E-state index is 6.14. The van der Waals surface area contributed by atoms with Crippen molar-refractivity contribution >= 4 is 15.9 Å². The fourth-order valence-electron chi connectivity index (χ4n) is 2.42. The van der Waals surface area contributed by atoms with Gasteiger partial charge in [-0.2, -0.15) is 0 Å². The Morgan fingerprint density at radius 3 is 2.83 bits per heavy atom. The highest BCUT2D eigenvalue weighted by Crippen LogP contribution is 2.22. The van der Waals surface area contributed by atoms with Crippen LogP contribution in [0, 0.1) is 0 Å². The predicted octanol–water partition coefficient (Wildman–Crippen LogP) is 2.43. The molecular formula is C13H15BrN4. The molecule has 2 N–H and O–H groups in total. The molecule has 0 spiro atoms.